The average Bonchev–Trinajstić information content (AvgIpc) is 2.29. The molecule has 0 unspecified atom stereocenters. The van der Waals surface area contributed by atoms with Crippen LogP contribution in [0.5, 0.6) is 0 Å². The minimum absolute atomic E-state index is 0.326. The van der Waals surface area contributed by atoms with Crippen molar-refractivity contribution in [1.29, 1.82) is 0 Å². The van der Waals surface area contributed by atoms with Gasteiger partial charge in [-0.2, -0.15) is 0 Å². The number of rotatable bonds is 2. The zero-order chi connectivity index (χ0) is 12.4. The Labute approximate surface area is 101 Å². The van der Waals surface area contributed by atoms with Gasteiger partial charge in [0.15, 0.2) is 0 Å². The first-order valence-electron chi connectivity index (χ1n) is 5.49. The summed E-state index contributed by atoms with van der Waals surface area (Å²) in [6.45, 7) is 4.02. The molecule has 0 amide bonds. The number of aromatic carboxylic acids is 1. The molecule has 0 aliphatic heterocycles. The molecule has 1 N–H and O–H groups in total. The summed E-state index contributed by atoms with van der Waals surface area (Å²) in [5.41, 5.74) is 4.62. The van der Waals surface area contributed by atoms with Gasteiger partial charge in [-0.3, -0.25) is 0 Å². The molecule has 0 bridgehead atoms. The molecule has 0 saturated heterocycles. The molecule has 2 heteroatoms. The highest BCUT2D eigenvalue weighted by Crippen LogP contribution is 2.25. The molecule has 2 nitrogen and oxygen atoms in total. The van der Waals surface area contributed by atoms with Gasteiger partial charge >= 0.3 is 5.97 Å². The second-order valence-electron chi connectivity index (χ2n) is 4.20. The van der Waals surface area contributed by atoms with E-state index in [4.69, 9.17) is 5.11 Å². The lowest BCUT2D eigenvalue weighted by Crippen LogP contribution is -1.97. The molecule has 2 aromatic rings. The molecule has 0 fully saturated rings. The second kappa shape index (κ2) is 4.42. The van der Waals surface area contributed by atoms with E-state index >= 15 is 0 Å². The van der Waals surface area contributed by atoms with E-state index in [0.29, 0.717) is 5.56 Å². The van der Waals surface area contributed by atoms with Gasteiger partial charge in [0.1, 0.15) is 0 Å². The van der Waals surface area contributed by atoms with Crippen molar-refractivity contribution in [3.05, 3.63) is 59.2 Å². The van der Waals surface area contributed by atoms with Crippen molar-refractivity contribution in [2.75, 3.05) is 0 Å². The minimum atomic E-state index is -0.890. The number of aryl methyl sites for hydroxylation is 2. The zero-order valence-electron chi connectivity index (χ0n) is 9.90. The Kier molecular flexibility index (Phi) is 2.96. The second-order valence-corrected chi connectivity index (χ2v) is 4.20. The van der Waals surface area contributed by atoms with Crippen molar-refractivity contribution in [2.45, 2.75) is 13.8 Å². The molecular formula is C15H14O2. The van der Waals surface area contributed by atoms with Crippen LogP contribution in [0.25, 0.3) is 11.1 Å². The third kappa shape index (κ3) is 2.36. The van der Waals surface area contributed by atoms with Gasteiger partial charge in [0, 0.05) is 0 Å². The zero-order valence-corrected chi connectivity index (χ0v) is 9.90. The predicted molar refractivity (Wildman–Crippen MR) is 68.3 cm³/mol. The van der Waals surface area contributed by atoms with Crippen molar-refractivity contribution >= 4 is 5.97 Å². The third-order valence-corrected chi connectivity index (χ3v) is 2.81. The summed E-state index contributed by atoms with van der Waals surface area (Å²) in [7, 11) is 0. The first kappa shape index (κ1) is 11.4. The third-order valence-electron chi connectivity index (χ3n) is 2.81. The van der Waals surface area contributed by atoms with Crippen molar-refractivity contribution in [3.8, 4) is 11.1 Å². The SMILES string of the molecule is Cc1cccc(-c2cc(C(=O)O)ccc2C)c1. The van der Waals surface area contributed by atoms with Crippen LogP contribution in [0, 0.1) is 13.8 Å². The number of carbonyl (C=O) groups is 1. The number of hydrogen-bond donors (Lipinski definition) is 1. The van der Waals surface area contributed by atoms with E-state index in [2.05, 4.69) is 6.07 Å². The van der Waals surface area contributed by atoms with Gasteiger partial charge in [0.2, 0.25) is 0 Å². The Hall–Kier alpha value is -2.09. The molecule has 0 aliphatic rings. The standard InChI is InChI=1S/C15H14O2/c1-10-4-3-5-12(8-10)14-9-13(15(16)17)7-6-11(14)2/h3-9H,1-2H3,(H,16,17). The Morgan fingerprint density at radius 2 is 1.82 bits per heavy atom. The van der Waals surface area contributed by atoms with Crippen LogP contribution >= 0.6 is 0 Å². The fourth-order valence-electron chi connectivity index (χ4n) is 1.88. The fourth-order valence-corrected chi connectivity index (χ4v) is 1.88. The Balaban J connectivity index is 2.58. The van der Waals surface area contributed by atoms with Gasteiger partial charge in [-0.15, -0.1) is 0 Å². The lowest BCUT2D eigenvalue weighted by molar-refractivity contribution is 0.0697. The van der Waals surface area contributed by atoms with Crippen LogP contribution in [0.15, 0.2) is 42.5 Å². The van der Waals surface area contributed by atoms with E-state index < -0.39 is 5.97 Å². The topological polar surface area (TPSA) is 37.3 Å². The minimum Gasteiger partial charge on any atom is -0.478 e. The number of benzene rings is 2. The van der Waals surface area contributed by atoms with Gasteiger partial charge in [0.25, 0.3) is 0 Å². The lowest BCUT2D eigenvalue weighted by atomic mass is 9.97. The van der Waals surface area contributed by atoms with Crippen LogP contribution in [-0.2, 0) is 0 Å². The number of hydrogen-bond acceptors (Lipinski definition) is 1. The van der Waals surface area contributed by atoms with Crippen molar-refractivity contribution in [2.24, 2.45) is 0 Å². The van der Waals surface area contributed by atoms with E-state index in [9.17, 15) is 4.79 Å². The fraction of sp³-hybridized carbons (Fsp3) is 0.133. The maximum Gasteiger partial charge on any atom is 0.335 e. The maximum atomic E-state index is 11.0. The summed E-state index contributed by atoms with van der Waals surface area (Å²) in [5.74, 6) is -0.890. The molecular weight excluding hydrogens is 212 g/mol. The normalized spacial score (nSPS) is 10.2. The molecule has 0 aliphatic carbocycles. The highest BCUT2D eigenvalue weighted by molar-refractivity contribution is 5.90. The molecule has 0 spiro atoms. The summed E-state index contributed by atoms with van der Waals surface area (Å²) in [6.07, 6.45) is 0. The predicted octanol–water partition coefficient (Wildman–Crippen LogP) is 3.67. The quantitative estimate of drug-likeness (QED) is 0.848. The van der Waals surface area contributed by atoms with Crippen LogP contribution in [0.3, 0.4) is 0 Å². The van der Waals surface area contributed by atoms with E-state index in [0.717, 1.165) is 16.7 Å². The largest absolute Gasteiger partial charge is 0.478 e. The van der Waals surface area contributed by atoms with E-state index in [1.807, 2.05) is 38.1 Å². The van der Waals surface area contributed by atoms with Crippen molar-refractivity contribution in [3.63, 3.8) is 0 Å². The van der Waals surface area contributed by atoms with Crippen LogP contribution in [0.1, 0.15) is 21.5 Å². The van der Waals surface area contributed by atoms with Crippen LogP contribution in [-0.4, -0.2) is 11.1 Å². The van der Waals surface area contributed by atoms with Crippen molar-refractivity contribution < 1.29 is 9.90 Å². The molecule has 2 rings (SSSR count). The highest BCUT2D eigenvalue weighted by atomic mass is 16.4. The molecule has 0 heterocycles. The van der Waals surface area contributed by atoms with Gasteiger partial charge in [-0.1, -0.05) is 35.9 Å². The molecule has 0 radical (unpaired) electrons. The molecule has 0 saturated carbocycles. The lowest BCUT2D eigenvalue weighted by Gasteiger charge is -2.08. The molecule has 17 heavy (non-hydrogen) atoms. The highest BCUT2D eigenvalue weighted by Gasteiger charge is 2.07. The van der Waals surface area contributed by atoms with Crippen LogP contribution in [0.2, 0.25) is 0 Å². The summed E-state index contributed by atoms with van der Waals surface area (Å²) in [5, 5.41) is 9.00. The summed E-state index contributed by atoms with van der Waals surface area (Å²) in [6, 6.07) is 13.3. The van der Waals surface area contributed by atoms with E-state index in [1.54, 1.807) is 12.1 Å². The smallest absolute Gasteiger partial charge is 0.335 e. The van der Waals surface area contributed by atoms with Gasteiger partial charge in [-0.25, -0.2) is 4.79 Å². The monoisotopic (exact) mass is 226 g/mol. The van der Waals surface area contributed by atoms with E-state index in [1.165, 1.54) is 5.56 Å². The van der Waals surface area contributed by atoms with Gasteiger partial charge in [-0.05, 0) is 42.7 Å². The summed E-state index contributed by atoms with van der Waals surface area (Å²) in [4.78, 5) is 11.0. The summed E-state index contributed by atoms with van der Waals surface area (Å²) >= 11 is 0. The Bertz CT molecular complexity index is 571. The first-order valence-corrected chi connectivity index (χ1v) is 5.49. The molecule has 0 aromatic heterocycles. The van der Waals surface area contributed by atoms with E-state index in [-0.39, 0.29) is 0 Å². The average molecular weight is 226 g/mol. The molecule has 86 valence electrons. The number of carboxylic acid groups (broad SMARTS) is 1. The van der Waals surface area contributed by atoms with Crippen molar-refractivity contribution in [1.82, 2.24) is 0 Å². The first-order chi connectivity index (χ1) is 8.08. The Morgan fingerprint density at radius 1 is 1.06 bits per heavy atom. The summed E-state index contributed by atoms with van der Waals surface area (Å²) < 4.78 is 0. The maximum absolute atomic E-state index is 11.0. The van der Waals surface area contributed by atoms with Crippen LogP contribution < -0.4 is 0 Å². The van der Waals surface area contributed by atoms with Gasteiger partial charge < -0.3 is 5.11 Å². The van der Waals surface area contributed by atoms with Gasteiger partial charge in [0.05, 0.1) is 5.56 Å². The molecule has 2 aromatic carbocycles. The van der Waals surface area contributed by atoms with Crippen LogP contribution in [0.4, 0.5) is 0 Å². The molecule has 0 atom stereocenters. The number of carboxylic acids is 1. The Morgan fingerprint density at radius 3 is 2.47 bits per heavy atom.